The Kier molecular flexibility index (Phi) is 14.2. The number of hydrogen-bond donors (Lipinski definition) is 8. The number of nitrogens with two attached hydrogens (primary N) is 8. The zero-order valence-corrected chi connectivity index (χ0v) is 28.7. The van der Waals surface area contributed by atoms with E-state index >= 15 is 0 Å². The molecule has 16 N–H and O–H groups in total. The van der Waals surface area contributed by atoms with Crippen LogP contribution in [0, 0.1) is 37.5 Å². The van der Waals surface area contributed by atoms with Gasteiger partial charge >= 0.3 is 0 Å². The first kappa shape index (κ1) is 37.3. The van der Waals surface area contributed by atoms with E-state index in [1.807, 2.05) is 0 Å². The molecular weight excluding hydrogens is 600 g/mol. The van der Waals surface area contributed by atoms with Crippen LogP contribution < -0.4 is 45.9 Å². The average Bonchev–Trinajstić information content (AvgIpc) is 2.99. The van der Waals surface area contributed by atoms with Gasteiger partial charge < -0.3 is 45.9 Å². The van der Waals surface area contributed by atoms with E-state index in [9.17, 15) is 0 Å². The van der Waals surface area contributed by atoms with E-state index in [1.54, 1.807) is 0 Å². The van der Waals surface area contributed by atoms with Crippen LogP contribution in [-0.4, -0.2) is 50.0 Å². The smallest absolute Gasteiger partial charge is 0.185 e. The Balaban J connectivity index is 1.96. The van der Waals surface area contributed by atoms with Gasteiger partial charge in [-0.3, -0.25) is 20.0 Å². The number of benzene rings is 2. The highest BCUT2D eigenvalue weighted by atomic mass is 15.0. The van der Waals surface area contributed by atoms with Crippen molar-refractivity contribution in [1.82, 2.24) is 0 Å². The fourth-order valence-electron chi connectivity index (χ4n) is 6.39. The number of rotatable bonds is 13. The number of guanidine groups is 4. The van der Waals surface area contributed by atoms with E-state index in [1.165, 1.54) is 22.3 Å². The summed E-state index contributed by atoms with van der Waals surface area (Å²) < 4.78 is 0. The highest BCUT2D eigenvalue weighted by Gasteiger charge is 2.26. The maximum Gasteiger partial charge on any atom is 0.185 e. The number of nitrogens with zero attached hydrogens (tertiary/aromatic N) is 4. The van der Waals surface area contributed by atoms with Crippen molar-refractivity contribution in [3.8, 4) is 11.8 Å². The van der Waals surface area contributed by atoms with Gasteiger partial charge in [0.05, 0.1) is 0 Å². The van der Waals surface area contributed by atoms with E-state index in [-0.39, 0.29) is 23.8 Å². The van der Waals surface area contributed by atoms with Crippen LogP contribution in [-0.2, 0) is 12.8 Å². The Bertz CT molecular complexity index is 1550. The summed E-state index contributed by atoms with van der Waals surface area (Å²) in [6.07, 6.45) is 6.33. The molecule has 1 aliphatic carbocycles. The molecule has 2 unspecified atom stereocenters. The van der Waals surface area contributed by atoms with Crippen molar-refractivity contribution in [3.05, 3.63) is 74.8 Å². The molecule has 2 atom stereocenters. The molecule has 1 aliphatic rings. The van der Waals surface area contributed by atoms with Crippen LogP contribution in [0.1, 0.15) is 78.0 Å². The van der Waals surface area contributed by atoms with Gasteiger partial charge in [0.25, 0.3) is 0 Å². The molecule has 0 heterocycles. The zero-order valence-electron chi connectivity index (χ0n) is 28.7. The van der Waals surface area contributed by atoms with E-state index in [4.69, 9.17) is 45.9 Å². The minimum atomic E-state index is 0.0750. The summed E-state index contributed by atoms with van der Waals surface area (Å²) in [5.41, 5.74) is 55.0. The Hall–Kier alpha value is -5.18. The lowest BCUT2D eigenvalue weighted by Gasteiger charge is -2.32. The van der Waals surface area contributed by atoms with E-state index in [2.05, 4.69) is 82.9 Å². The molecule has 0 saturated heterocycles. The number of aryl methyl sites for hydroxylation is 2. The SMILES string of the molecule is CC(=C1CC(CCN=C(N)N)CC(CCN=C(N)N)C1)c1cc(C#Cc2cc(CCN=C(N)N)cc(CCN=C(N)N)c2)c(C)cc1C. The largest absolute Gasteiger partial charge is 0.370 e. The highest BCUT2D eigenvalue weighted by Crippen LogP contribution is 2.40. The zero-order chi connectivity index (χ0) is 35.2. The molecule has 0 bridgehead atoms. The van der Waals surface area contributed by atoms with Crippen LogP contribution in [0.3, 0.4) is 0 Å². The second kappa shape index (κ2) is 18.2. The topological polar surface area (TPSA) is 258 Å². The van der Waals surface area contributed by atoms with Crippen molar-refractivity contribution in [2.75, 3.05) is 26.2 Å². The minimum Gasteiger partial charge on any atom is -0.370 e. The van der Waals surface area contributed by atoms with Crippen LogP contribution >= 0.6 is 0 Å². The van der Waals surface area contributed by atoms with E-state index in [0.29, 0.717) is 50.9 Å². The molecule has 48 heavy (non-hydrogen) atoms. The van der Waals surface area contributed by atoms with Gasteiger partial charge in [-0.05, 0) is 129 Å². The van der Waals surface area contributed by atoms with Crippen molar-refractivity contribution in [2.24, 2.45) is 77.7 Å². The molecule has 258 valence electrons. The van der Waals surface area contributed by atoms with Crippen molar-refractivity contribution < 1.29 is 0 Å². The first-order chi connectivity index (χ1) is 22.8. The summed E-state index contributed by atoms with van der Waals surface area (Å²) in [5, 5.41) is 0. The second-order valence-electron chi connectivity index (χ2n) is 12.7. The lowest BCUT2D eigenvalue weighted by Crippen LogP contribution is -2.25. The number of hydrogen-bond acceptors (Lipinski definition) is 4. The van der Waals surface area contributed by atoms with Crippen LogP contribution in [0.5, 0.6) is 0 Å². The molecule has 0 aliphatic heterocycles. The van der Waals surface area contributed by atoms with E-state index in [0.717, 1.165) is 59.9 Å². The maximum atomic E-state index is 5.60. The Labute approximate surface area is 285 Å². The predicted octanol–water partition coefficient (Wildman–Crippen LogP) is 1.85. The van der Waals surface area contributed by atoms with Crippen LogP contribution in [0.25, 0.3) is 5.57 Å². The first-order valence-electron chi connectivity index (χ1n) is 16.5. The molecule has 2 aromatic rings. The quantitative estimate of drug-likeness (QED) is 0.0896. The molecule has 3 rings (SSSR count). The molecule has 0 spiro atoms. The molecular formula is C36H54N12. The summed E-state index contributed by atoms with van der Waals surface area (Å²) in [6.45, 7) is 8.73. The van der Waals surface area contributed by atoms with Gasteiger partial charge in [0.15, 0.2) is 23.8 Å². The normalized spacial score (nSPS) is 15.4. The summed E-state index contributed by atoms with van der Waals surface area (Å²) in [4.78, 5) is 16.8. The Morgan fingerprint density at radius 2 is 1.10 bits per heavy atom. The van der Waals surface area contributed by atoms with Gasteiger partial charge in [-0.25, -0.2) is 0 Å². The summed E-state index contributed by atoms with van der Waals surface area (Å²) in [7, 11) is 0. The molecule has 2 aromatic carbocycles. The number of aliphatic imine (C=N–C) groups is 4. The monoisotopic (exact) mass is 654 g/mol. The van der Waals surface area contributed by atoms with Crippen molar-refractivity contribution in [3.63, 3.8) is 0 Å². The summed E-state index contributed by atoms with van der Waals surface area (Å²) in [6, 6.07) is 10.8. The standard InChI is InChI=1S/C36H54N12/c1-22-14-23(2)32(24(3)31-19-28(8-12-47-35(41)42)18-29(20-31)9-13-48-36(43)44)21-30(22)5-4-25-15-26(6-10-45-33(37)38)17-27(16-25)7-11-46-34(39)40/h14-17,21,28-29H,6-13,18-20H2,1-3H3,(H4,37,38,45)(H4,39,40,46)(H4,41,42,47)(H4,43,44,48). The lowest BCUT2D eigenvalue weighted by atomic mass is 9.73. The number of allylic oxidation sites excluding steroid dienone is 2. The van der Waals surface area contributed by atoms with Crippen molar-refractivity contribution in [1.29, 1.82) is 0 Å². The minimum absolute atomic E-state index is 0.0750. The lowest BCUT2D eigenvalue weighted by molar-refractivity contribution is 0.296. The van der Waals surface area contributed by atoms with Gasteiger partial charge in [0.2, 0.25) is 0 Å². The third-order valence-electron chi connectivity index (χ3n) is 8.69. The van der Waals surface area contributed by atoms with Crippen molar-refractivity contribution in [2.45, 2.75) is 65.7 Å². The maximum absolute atomic E-state index is 5.60. The average molecular weight is 655 g/mol. The van der Waals surface area contributed by atoms with Crippen LogP contribution in [0.2, 0.25) is 0 Å². The van der Waals surface area contributed by atoms with Crippen LogP contribution in [0.15, 0.2) is 55.9 Å². The third-order valence-corrected chi connectivity index (χ3v) is 8.69. The molecule has 0 amide bonds. The van der Waals surface area contributed by atoms with E-state index < -0.39 is 0 Å². The third kappa shape index (κ3) is 12.5. The van der Waals surface area contributed by atoms with Crippen LogP contribution in [0.4, 0.5) is 0 Å². The molecule has 12 nitrogen and oxygen atoms in total. The Morgan fingerprint density at radius 3 is 1.58 bits per heavy atom. The van der Waals surface area contributed by atoms with Gasteiger partial charge in [0, 0.05) is 37.3 Å². The van der Waals surface area contributed by atoms with Gasteiger partial charge in [-0.15, -0.1) is 0 Å². The fourth-order valence-corrected chi connectivity index (χ4v) is 6.39. The Morgan fingerprint density at radius 1 is 0.625 bits per heavy atom. The first-order valence-corrected chi connectivity index (χ1v) is 16.5. The second-order valence-corrected chi connectivity index (χ2v) is 12.7. The van der Waals surface area contributed by atoms with Gasteiger partial charge in [0.1, 0.15) is 0 Å². The van der Waals surface area contributed by atoms with Gasteiger partial charge in [-0.1, -0.05) is 29.5 Å². The predicted molar refractivity (Wildman–Crippen MR) is 201 cm³/mol. The highest BCUT2D eigenvalue weighted by molar-refractivity contribution is 5.77. The molecule has 12 heteroatoms. The molecule has 1 saturated carbocycles. The fraction of sp³-hybridized carbons (Fsp3) is 0.444. The molecule has 1 fully saturated rings. The molecule has 0 radical (unpaired) electrons. The summed E-state index contributed by atoms with van der Waals surface area (Å²) in [5.74, 6) is 8.25. The molecule has 0 aromatic heterocycles. The summed E-state index contributed by atoms with van der Waals surface area (Å²) >= 11 is 0. The van der Waals surface area contributed by atoms with Crippen molar-refractivity contribution >= 4 is 29.4 Å². The van der Waals surface area contributed by atoms with Gasteiger partial charge in [-0.2, -0.15) is 0 Å².